The van der Waals surface area contributed by atoms with Crippen LogP contribution >= 0.6 is 11.6 Å². The summed E-state index contributed by atoms with van der Waals surface area (Å²) in [5.41, 5.74) is 1.39. The summed E-state index contributed by atoms with van der Waals surface area (Å²) in [6, 6.07) is 5.22. The molecule has 56 valence electrons. The molecule has 0 amide bonds. The quantitative estimate of drug-likeness (QED) is 0.441. The summed E-state index contributed by atoms with van der Waals surface area (Å²) in [6.07, 6.45) is 0. The molecule has 2 nitrogen and oxygen atoms in total. The van der Waals surface area contributed by atoms with Crippen LogP contribution in [0.15, 0.2) is 27.8 Å². The van der Waals surface area contributed by atoms with Crippen LogP contribution in [-0.4, -0.2) is 4.98 Å². The summed E-state index contributed by atoms with van der Waals surface area (Å²) < 4.78 is 5.07. The second-order valence-electron chi connectivity index (χ2n) is 2.09. The molecular weight excluding hydrogens is 221 g/mol. The second kappa shape index (κ2) is 4.37. The number of benzene rings is 1. The predicted molar refractivity (Wildman–Crippen MR) is 44.7 cm³/mol. The van der Waals surface area contributed by atoms with Crippen molar-refractivity contribution in [2.24, 2.45) is 0 Å². The van der Waals surface area contributed by atoms with E-state index in [-0.39, 0.29) is 56.6 Å². The molecule has 2 aromatic rings. The molecule has 0 fully saturated rings. The fraction of sp³-hybridized carbons (Fsp3) is 0. The minimum absolute atomic E-state index is 0. The van der Waals surface area contributed by atoms with Crippen LogP contribution in [-0.2, 0) is 12.6 Å². The van der Waals surface area contributed by atoms with Crippen molar-refractivity contribution >= 4 is 35.3 Å². The topological polar surface area (TPSA) is 26.0 Å². The number of fused-ring (bicyclic) bond motifs is 1. The van der Waals surface area contributed by atoms with Crippen molar-refractivity contribution in [3.05, 3.63) is 23.2 Å². The van der Waals surface area contributed by atoms with Crippen LogP contribution in [0.25, 0.3) is 11.1 Å². The van der Waals surface area contributed by atoms with Gasteiger partial charge in [-0.25, -0.2) is 4.98 Å². The molecule has 0 aliphatic rings. The minimum atomic E-state index is 0. The molecule has 0 N–H and O–H groups in total. The van der Waals surface area contributed by atoms with Gasteiger partial charge in [0.1, 0.15) is 5.52 Å². The number of hydrogen-bond donors (Lipinski definition) is 0. The van der Waals surface area contributed by atoms with Gasteiger partial charge in [-0.2, -0.15) is 0 Å². The van der Waals surface area contributed by atoms with E-state index in [0.29, 0.717) is 10.6 Å². The Morgan fingerprint density at radius 1 is 1.42 bits per heavy atom. The number of hydrogen-bond acceptors (Lipinski definition) is 3. The molecule has 0 saturated carbocycles. The molecule has 0 aliphatic heterocycles. The Labute approximate surface area is 123 Å². The van der Waals surface area contributed by atoms with Crippen LogP contribution in [0.3, 0.4) is 0 Å². The smallest absolute Gasteiger partial charge is 0.721 e. The monoisotopic (exact) mass is 223 g/mol. The van der Waals surface area contributed by atoms with Crippen molar-refractivity contribution in [1.82, 2.24) is 4.98 Å². The molecule has 0 bridgehead atoms. The Morgan fingerprint density at radius 3 is 2.92 bits per heavy atom. The molecule has 0 saturated heterocycles. The molecule has 0 spiro atoms. The van der Waals surface area contributed by atoms with Gasteiger partial charge in [-0.3, -0.25) is 0 Å². The zero-order chi connectivity index (χ0) is 7.84. The molecule has 0 radical (unpaired) electrons. The first-order valence-electron chi connectivity index (χ1n) is 2.99. The van der Waals surface area contributed by atoms with E-state index in [4.69, 9.17) is 28.6 Å². The summed E-state index contributed by atoms with van der Waals surface area (Å²) in [5.74, 6) is 0. The Morgan fingerprint density at radius 2 is 2.17 bits per heavy atom. The number of halogens is 1. The third kappa shape index (κ3) is 2.20. The molecule has 1 aromatic carbocycles. The van der Waals surface area contributed by atoms with Gasteiger partial charge in [-0.1, -0.05) is 11.6 Å². The van der Waals surface area contributed by atoms with Crippen LogP contribution in [0, 0.1) is 0 Å². The van der Waals surface area contributed by atoms with Crippen LogP contribution < -0.4 is 51.4 Å². The molecule has 2 rings (SSSR count). The second-order valence-corrected chi connectivity index (χ2v) is 2.88. The van der Waals surface area contributed by atoms with Crippen molar-refractivity contribution in [3.8, 4) is 0 Å². The number of oxazole rings is 1. The summed E-state index contributed by atoms with van der Waals surface area (Å²) in [7, 11) is 0. The summed E-state index contributed by atoms with van der Waals surface area (Å²) in [5, 5.41) is 0.880. The van der Waals surface area contributed by atoms with E-state index in [2.05, 4.69) is 4.98 Å². The van der Waals surface area contributed by atoms with Crippen LogP contribution in [0.2, 0.25) is 5.02 Å². The zero-order valence-corrected chi connectivity index (χ0v) is 11.1. The Balaban J connectivity index is 0.000000720. The average molecular weight is 224 g/mol. The maximum Gasteiger partial charge on any atom is 1.00 e. The van der Waals surface area contributed by atoms with E-state index in [9.17, 15) is 0 Å². The summed E-state index contributed by atoms with van der Waals surface area (Å²) in [4.78, 5) is 3.94. The van der Waals surface area contributed by atoms with Crippen LogP contribution in [0.5, 0.6) is 0 Å². The van der Waals surface area contributed by atoms with Gasteiger partial charge in [0.25, 0.3) is 0 Å². The fourth-order valence-electron chi connectivity index (χ4n) is 0.877. The molecule has 12 heavy (non-hydrogen) atoms. The van der Waals surface area contributed by atoms with Crippen molar-refractivity contribution in [2.45, 2.75) is 5.22 Å². The summed E-state index contributed by atoms with van der Waals surface area (Å²) >= 11 is 10.4. The number of rotatable bonds is 0. The van der Waals surface area contributed by atoms with Crippen molar-refractivity contribution < 1.29 is 55.8 Å². The molecular formula is C7H3ClKNOS. The SMILES string of the molecule is [K+].[S-]c1nc2ccc(Cl)cc2o1. The normalized spacial score (nSPS) is 9.75. The first kappa shape index (κ1) is 10.9. The fourth-order valence-corrected chi connectivity index (χ4v) is 1.23. The molecule has 0 atom stereocenters. The Kier molecular flexibility index (Phi) is 3.97. The van der Waals surface area contributed by atoms with Crippen LogP contribution in [0.1, 0.15) is 0 Å². The van der Waals surface area contributed by atoms with E-state index in [0.717, 1.165) is 5.52 Å². The van der Waals surface area contributed by atoms with E-state index < -0.39 is 0 Å². The standard InChI is InChI=1S/C7H4ClNOS.K/c8-4-1-2-5-6(3-4)10-7(11)9-5;/h1-3H,(H,9,11);/q;+1/p-1. The van der Waals surface area contributed by atoms with Gasteiger partial charge in [-0.15, -0.1) is 0 Å². The zero-order valence-electron chi connectivity index (χ0n) is 6.37. The molecule has 0 aliphatic carbocycles. The van der Waals surface area contributed by atoms with E-state index in [1.54, 1.807) is 18.2 Å². The first-order valence-corrected chi connectivity index (χ1v) is 3.77. The van der Waals surface area contributed by atoms with E-state index >= 15 is 0 Å². The molecule has 1 aromatic heterocycles. The first-order chi connectivity index (χ1) is 5.25. The third-order valence-corrected chi connectivity index (χ3v) is 1.74. The average Bonchev–Trinajstić information content (AvgIpc) is 2.27. The van der Waals surface area contributed by atoms with Gasteiger partial charge < -0.3 is 17.0 Å². The molecule has 5 heteroatoms. The van der Waals surface area contributed by atoms with Crippen molar-refractivity contribution in [2.75, 3.05) is 0 Å². The van der Waals surface area contributed by atoms with Gasteiger partial charge >= 0.3 is 51.4 Å². The van der Waals surface area contributed by atoms with Crippen LogP contribution in [0.4, 0.5) is 0 Å². The largest absolute Gasteiger partial charge is 1.00 e. The van der Waals surface area contributed by atoms with Gasteiger partial charge in [0.05, 0.1) is 5.22 Å². The van der Waals surface area contributed by atoms with Crippen molar-refractivity contribution in [3.63, 3.8) is 0 Å². The maximum atomic E-state index is 5.71. The Hall–Kier alpha value is 0.836. The van der Waals surface area contributed by atoms with Gasteiger partial charge in [0.15, 0.2) is 5.58 Å². The van der Waals surface area contributed by atoms with Gasteiger partial charge in [-0.05, 0) is 12.1 Å². The van der Waals surface area contributed by atoms with Gasteiger partial charge in [0, 0.05) is 11.1 Å². The van der Waals surface area contributed by atoms with Gasteiger partial charge in [0.2, 0.25) is 0 Å². The van der Waals surface area contributed by atoms with E-state index in [1.165, 1.54) is 0 Å². The minimum Gasteiger partial charge on any atom is -0.721 e. The third-order valence-electron chi connectivity index (χ3n) is 1.33. The predicted octanol–water partition coefficient (Wildman–Crippen LogP) is -0.609. The van der Waals surface area contributed by atoms with Crippen molar-refractivity contribution in [1.29, 1.82) is 0 Å². The van der Waals surface area contributed by atoms with E-state index in [1.807, 2.05) is 0 Å². The summed E-state index contributed by atoms with van der Waals surface area (Å²) in [6.45, 7) is 0. The number of aromatic nitrogens is 1. The maximum absolute atomic E-state index is 5.71. The molecule has 0 unspecified atom stereocenters. The number of nitrogens with zero attached hydrogens (tertiary/aromatic N) is 1. The molecule has 1 heterocycles. The Bertz CT molecular complexity index is 403.